The molecule has 0 spiro atoms. The number of piperazine rings is 1. The number of nitro benzene ring substituents is 1. The van der Waals surface area contributed by atoms with Crippen LogP contribution in [0.3, 0.4) is 0 Å². The summed E-state index contributed by atoms with van der Waals surface area (Å²) in [7, 11) is 0. The Balaban J connectivity index is 1.45. The molecule has 4 rings (SSSR count). The Kier molecular flexibility index (Phi) is 4.79. The van der Waals surface area contributed by atoms with Gasteiger partial charge in [0.2, 0.25) is 5.91 Å². The molecule has 1 amide bonds. The normalized spacial score (nSPS) is 15.5. The molecular weight excluding hydrogens is 376 g/mol. The van der Waals surface area contributed by atoms with Crippen LogP contribution in [0.5, 0.6) is 0 Å². The number of carbonyl (C=O) groups excluding carboxylic acids is 1. The Morgan fingerprint density at radius 1 is 1.07 bits per heavy atom. The summed E-state index contributed by atoms with van der Waals surface area (Å²) >= 11 is 0. The third kappa shape index (κ3) is 3.46. The molecule has 1 unspecified atom stereocenters. The molecule has 3 aromatic rings. The SMILES string of the molecule is CC(C(=O)N1CCN(c2ccc([N+](=O)[O-])cc2)CC1)n1c(=O)oc2ccccc21. The van der Waals surface area contributed by atoms with Gasteiger partial charge in [-0.3, -0.25) is 19.5 Å². The van der Waals surface area contributed by atoms with E-state index in [0.29, 0.717) is 37.3 Å². The van der Waals surface area contributed by atoms with Gasteiger partial charge in [0.15, 0.2) is 5.58 Å². The lowest BCUT2D eigenvalue weighted by Crippen LogP contribution is -2.50. The fraction of sp³-hybridized carbons (Fsp3) is 0.300. The number of nitrogens with zero attached hydrogens (tertiary/aromatic N) is 4. The van der Waals surface area contributed by atoms with Crippen molar-refractivity contribution in [2.75, 3.05) is 31.1 Å². The number of aromatic nitrogens is 1. The maximum absolute atomic E-state index is 13.0. The highest BCUT2D eigenvalue weighted by Gasteiger charge is 2.28. The van der Waals surface area contributed by atoms with E-state index in [0.717, 1.165) is 5.69 Å². The molecule has 150 valence electrons. The van der Waals surface area contributed by atoms with Gasteiger partial charge in [-0.2, -0.15) is 0 Å². The second-order valence-corrected chi connectivity index (χ2v) is 6.97. The van der Waals surface area contributed by atoms with Crippen LogP contribution in [0.1, 0.15) is 13.0 Å². The van der Waals surface area contributed by atoms with Crippen LogP contribution in [0.2, 0.25) is 0 Å². The Morgan fingerprint density at radius 3 is 2.38 bits per heavy atom. The van der Waals surface area contributed by atoms with Crippen molar-refractivity contribution in [2.24, 2.45) is 0 Å². The van der Waals surface area contributed by atoms with E-state index in [1.165, 1.54) is 16.7 Å². The van der Waals surface area contributed by atoms with Crippen LogP contribution in [0.4, 0.5) is 11.4 Å². The number of fused-ring (bicyclic) bond motifs is 1. The molecule has 0 N–H and O–H groups in total. The number of hydrogen-bond donors (Lipinski definition) is 0. The quantitative estimate of drug-likeness (QED) is 0.496. The minimum atomic E-state index is -0.669. The van der Waals surface area contributed by atoms with Crippen molar-refractivity contribution in [3.8, 4) is 0 Å². The van der Waals surface area contributed by atoms with Crippen molar-refractivity contribution in [1.29, 1.82) is 0 Å². The van der Waals surface area contributed by atoms with E-state index in [9.17, 15) is 19.7 Å². The van der Waals surface area contributed by atoms with Gasteiger partial charge in [0, 0.05) is 44.0 Å². The number of nitro groups is 1. The van der Waals surface area contributed by atoms with E-state index in [1.54, 1.807) is 48.2 Å². The third-order valence-electron chi connectivity index (χ3n) is 5.28. The zero-order chi connectivity index (χ0) is 20.5. The minimum Gasteiger partial charge on any atom is -0.408 e. The lowest BCUT2D eigenvalue weighted by molar-refractivity contribution is -0.384. The van der Waals surface area contributed by atoms with E-state index in [1.807, 2.05) is 0 Å². The number of non-ortho nitro benzene ring substituents is 1. The summed E-state index contributed by atoms with van der Waals surface area (Å²) in [4.78, 5) is 39.4. The molecule has 1 fully saturated rings. The van der Waals surface area contributed by atoms with Gasteiger partial charge in [0.25, 0.3) is 5.69 Å². The highest BCUT2D eigenvalue weighted by atomic mass is 16.6. The van der Waals surface area contributed by atoms with Gasteiger partial charge >= 0.3 is 5.76 Å². The molecule has 0 radical (unpaired) electrons. The van der Waals surface area contributed by atoms with Gasteiger partial charge < -0.3 is 14.2 Å². The molecule has 1 aliphatic rings. The molecule has 0 bridgehead atoms. The molecule has 2 aromatic carbocycles. The molecule has 0 aliphatic carbocycles. The second-order valence-electron chi connectivity index (χ2n) is 6.97. The highest BCUT2D eigenvalue weighted by Crippen LogP contribution is 2.22. The van der Waals surface area contributed by atoms with Crippen LogP contribution in [0.25, 0.3) is 11.1 Å². The van der Waals surface area contributed by atoms with Crippen molar-refractivity contribution >= 4 is 28.4 Å². The minimum absolute atomic E-state index is 0.0502. The number of carbonyl (C=O) groups is 1. The maximum atomic E-state index is 13.0. The van der Waals surface area contributed by atoms with Crippen molar-refractivity contribution in [3.05, 3.63) is 69.2 Å². The van der Waals surface area contributed by atoms with Crippen molar-refractivity contribution < 1.29 is 14.1 Å². The van der Waals surface area contributed by atoms with Gasteiger partial charge in [-0.25, -0.2) is 4.79 Å². The number of anilines is 1. The summed E-state index contributed by atoms with van der Waals surface area (Å²) in [5.74, 6) is -0.682. The molecule has 9 nitrogen and oxygen atoms in total. The largest absolute Gasteiger partial charge is 0.420 e. The topological polar surface area (TPSA) is 102 Å². The first-order valence-corrected chi connectivity index (χ1v) is 9.34. The summed E-state index contributed by atoms with van der Waals surface area (Å²) in [6.45, 7) is 3.93. The first-order valence-electron chi connectivity index (χ1n) is 9.34. The molecule has 1 aliphatic heterocycles. The van der Waals surface area contributed by atoms with Gasteiger partial charge in [-0.1, -0.05) is 12.1 Å². The average Bonchev–Trinajstić information content (AvgIpc) is 3.08. The van der Waals surface area contributed by atoms with Crippen molar-refractivity contribution in [3.63, 3.8) is 0 Å². The van der Waals surface area contributed by atoms with Crippen LogP contribution in [0.15, 0.2) is 57.7 Å². The second kappa shape index (κ2) is 7.42. The maximum Gasteiger partial charge on any atom is 0.420 e. The molecule has 2 heterocycles. The number of benzene rings is 2. The van der Waals surface area contributed by atoms with E-state index in [4.69, 9.17) is 4.42 Å². The van der Waals surface area contributed by atoms with E-state index in [-0.39, 0.29) is 11.6 Å². The average molecular weight is 396 g/mol. The van der Waals surface area contributed by atoms with Crippen LogP contribution in [0, 0.1) is 10.1 Å². The number of oxazole rings is 1. The smallest absolute Gasteiger partial charge is 0.408 e. The van der Waals surface area contributed by atoms with Crippen LogP contribution in [-0.4, -0.2) is 46.5 Å². The molecule has 1 aromatic heterocycles. The fourth-order valence-corrected chi connectivity index (χ4v) is 3.70. The predicted octanol–water partition coefficient (Wildman–Crippen LogP) is 2.41. The highest BCUT2D eigenvalue weighted by molar-refractivity contribution is 5.83. The number of para-hydroxylation sites is 2. The zero-order valence-corrected chi connectivity index (χ0v) is 15.9. The van der Waals surface area contributed by atoms with E-state index in [2.05, 4.69) is 4.90 Å². The Labute approximate surface area is 165 Å². The third-order valence-corrected chi connectivity index (χ3v) is 5.28. The van der Waals surface area contributed by atoms with Gasteiger partial charge in [0.05, 0.1) is 10.4 Å². The molecular formula is C20H20N4O5. The summed E-state index contributed by atoms with van der Waals surface area (Å²) < 4.78 is 6.63. The zero-order valence-electron chi connectivity index (χ0n) is 15.9. The number of hydrogen-bond acceptors (Lipinski definition) is 6. The monoisotopic (exact) mass is 396 g/mol. The van der Waals surface area contributed by atoms with Crippen LogP contribution >= 0.6 is 0 Å². The standard InChI is InChI=1S/C20H20N4O5/c1-14(23-17-4-2-3-5-18(17)29-20(23)26)19(25)22-12-10-21(11-13-22)15-6-8-16(9-7-15)24(27)28/h2-9,14H,10-13H2,1H3. The Hall–Kier alpha value is -3.62. The van der Waals surface area contributed by atoms with Gasteiger partial charge in [0.1, 0.15) is 6.04 Å². The fourth-order valence-electron chi connectivity index (χ4n) is 3.70. The number of rotatable bonds is 4. The van der Waals surface area contributed by atoms with Gasteiger partial charge in [-0.15, -0.1) is 0 Å². The molecule has 9 heteroatoms. The number of amides is 1. The first kappa shape index (κ1) is 18.7. The lowest BCUT2D eigenvalue weighted by atomic mass is 10.2. The molecule has 1 atom stereocenters. The van der Waals surface area contributed by atoms with Gasteiger partial charge in [-0.05, 0) is 31.2 Å². The van der Waals surface area contributed by atoms with Crippen LogP contribution < -0.4 is 10.7 Å². The summed E-state index contributed by atoms with van der Waals surface area (Å²) in [6, 6.07) is 12.8. The van der Waals surface area contributed by atoms with Crippen molar-refractivity contribution in [1.82, 2.24) is 9.47 Å². The van der Waals surface area contributed by atoms with Crippen molar-refractivity contribution in [2.45, 2.75) is 13.0 Å². The summed E-state index contributed by atoms with van der Waals surface area (Å²) in [6.07, 6.45) is 0. The van der Waals surface area contributed by atoms with Crippen LogP contribution in [-0.2, 0) is 4.79 Å². The predicted molar refractivity (Wildman–Crippen MR) is 107 cm³/mol. The first-order chi connectivity index (χ1) is 14.0. The molecule has 29 heavy (non-hydrogen) atoms. The summed E-state index contributed by atoms with van der Waals surface area (Å²) in [5, 5.41) is 10.8. The Morgan fingerprint density at radius 2 is 1.72 bits per heavy atom. The van der Waals surface area contributed by atoms with E-state index >= 15 is 0 Å². The Bertz CT molecular complexity index is 1110. The molecule has 1 saturated heterocycles. The molecule has 0 saturated carbocycles. The lowest BCUT2D eigenvalue weighted by Gasteiger charge is -2.37. The van der Waals surface area contributed by atoms with E-state index < -0.39 is 16.7 Å². The summed E-state index contributed by atoms with van der Waals surface area (Å²) in [5.41, 5.74) is 1.99.